The van der Waals surface area contributed by atoms with E-state index in [1.807, 2.05) is 65.7 Å². The van der Waals surface area contributed by atoms with E-state index in [2.05, 4.69) is 5.32 Å². The van der Waals surface area contributed by atoms with Gasteiger partial charge in [-0.3, -0.25) is 19.3 Å². The number of hydrogen-bond donors (Lipinski definition) is 3. The van der Waals surface area contributed by atoms with Crippen LogP contribution in [0.15, 0.2) is 30.3 Å². The highest BCUT2D eigenvalue weighted by atomic mass is 16.7. The van der Waals surface area contributed by atoms with Crippen LogP contribution in [0.5, 0.6) is 0 Å². The number of rotatable bonds is 7. The number of fused-ring (bicyclic) bond motifs is 5. The summed E-state index contributed by atoms with van der Waals surface area (Å²) in [7, 11) is 5.28. The van der Waals surface area contributed by atoms with Gasteiger partial charge in [-0.05, 0) is 86.5 Å². The number of aliphatic hydroxyl groups excluding tert-OH is 2. The molecule has 0 saturated carbocycles. The highest BCUT2D eigenvalue weighted by molar-refractivity contribution is 5.97. The van der Waals surface area contributed by atoms with Gasteiger partial charge in [0.2, 0.25) is 0 Å². The Hall–Kier alpha value is -3.52. The van der Waals surface area contributed by atoms with Crippen molar-refractivity contribution in [1.29, 1.82) is 0 Å². The Balaban J connectivity index is 1.57. The van der Waals surface area contributed by atoms with Crippen LogP contribution in [-0.2, 0) is 47.5 Å². The monoisotopic (exact) mass is 944 g/mol. The highest BCUT2D eigenvalue weighted by Gasteiger charge is 2.61. The molecule has 2 amide bonds. The van der Waals surface area contributed by atoms with Crippen LogP contribution in [0.3, 0.4) is 0 Å². The van der Waals surface area contributed by atoms with Gasteiger partial charge < -0.3 is 58.3 Å². The van der Waals surface area contributed by atoms with Crippen molar-refractivity contribution >= 4 is 29.8 Å². The molecule has 4 unspecified atom stereocenters. The molecule has 5 aliphatic rings. The molecule has 3 N–H and O–H groups in total. The molecule has 4 fully saturated rings. The van der Waals surface area contributed by atoms with E-state index >= 15 is 4.79 Å². The maximum absolute atomic E-state index is 15.2. The molecule has 67 heavy (non-hydrogen) atoms. The first-order valence-corrected chi connectivity index (χ1v) is 24.1. The van der Waals surface area contributed by atoms with Gasteiger partial charge in [0.15, 0.2) is 18.2 Å². The summed E-state index contributed by atoms with van der Waals surface area (Å²) in [6.45, 7) is 18.0. The molecule has 17 heteroatoms. The number of aliphatic hydroxyl groups is 2. The van der Waals surface area contributed by atoms with Crippen LogP contribution < -0.4 is 5.32 Å². The number of ketones is 1. The van der Waals surface area contributed by atoms with Crippen LogP contribution in [0.1, 0.15) is 111 Å². The first-order chi connectivity index (χ1) is 31.5. The van der Waals surface area contributed by atoms with Crippen LogP contribution >= 0.6 is 0 Å². The van der Waals surface area contributed by atoms with E-state index in [1.165, 1.54) is 12.0 Å². The number of carbonyl (C=O) groups is 4. The molecule has 0 spiro atoms. The van der Waals surface area contributed by atoms with E-state index in [9.17, 15) is 24.6 Å². The lowest BCUT2D eigenvalue weighted by molar-refractivity contribution is -0.320. The zero-order chi connectivity index (χ0) is 49.3. The number of methoxy groups -OCH3 is 1. The lowest BCUT2D eigenvalue weighted by atomic mass is 9.73. The number of nitrogens with zero attached hydrogens (tertiary/aromatic N) is 2. The molecule has 0 radical (unpaired) electrons. The molecule has 5 heterocycles. The summed E-state index contributed by atoms with van der Waals surface area (Å²) in [6.07, 6.45) is -4.66. The molecule has 0 aromatic heterocycles. The quantitative estimate of drug-likeness (QED) is 0.317. The van der Waals surface area contributed by atoms with Crippen molar-refractivity contribution in [1.82, 2.24) is 15.1 Å². The van der Waals surface area contributed by atoms with E-state index in [1.54, 1.807) is 58.9 Å². The topological polar surface area (TPSA) is 201 Å². The van der Waals surface area contributed by atoms with Crippen molar-refractivity contribution in [2.75, 3.05) is 40.9 Å². The predicted molar refractivity (Wildman–Crippen MR) is 247 cm³/mol. The average molecular weight is 944 g/mol. The number of Topliss-reactive ketones (excluding diaryl/α,β-unsaturated/α-hetero) is 1. The van der Waals surface area contributed by atoms with Crippen LogP contribution in [0, 0.1) is 23.7 Å². The van der Waals surface area contributed by atoms with Crippen molar-refractivity contribution in [2.24, 2.45) is 23.7 Å². The molecule has 2 bridgehead atoms. The van der Waals surface area contributed by atoms with Crippen molar-refractivity contribution < 1.29 is 67.3 Å². The van der Waals surface area contributed by atoms with Crippen molar-refractivity contribution in [2.45, 2.75) is 179 Å². The van der Waals surface area contributed by atoms with Gasteiger partial charge in [-0.15, -0.1) is 0 Å². The molecule has 1 aromatic carbocycles. The van der Waals surface area contributed by atoms with Crippen molar-refractivity contribution in [3.8, 4) is 0 Å². The molecule has 1 aromatic rings. The standard InChI is InChI=1S/C50H77N3O14/c1-14-36-50(10)41-29(4)38(54)27(2)25-49(9,61-23-17-19-33-18-15-16-20-34(33)44(57)51-21-22-53(41)47(59)67-50)43(66-46-39(55)35(52(11)12)24-28(3)62-46)30(5)40(31(6)45(58)64-36)65-37-26-48(8,60-13)42(56)32(7)63-37/h15-20,27-32,35-37,39-43,46,55-56H,14,21-26H2,1-13H3,(H,51,57)/b19-17+/t27-,28-,29-,30+,31?,32+,35+,36+,37?,39-,40?,41-,42+,43-,46?,48-,49+,50-/m1/s1. The van der Waals surface area contributed by atoms with Crippen molar-refractivity contribution in [3.05, 3.63) is 41.5 Å². The number of amides is 2. The third-order valence-corrected chi connectivity index (χ3v) is 15.3. The molecule has 0 aliphatic carbocycles. The second-order valence-electron chi connectivity index (χ2n) is 20.5. The van der Waals surface area contributed by atoms with Gasteiger partial charge in [0.05, 0.1) is 54.2 Å². The third kappa shape index (κ3) is 10.8. The molecule has 4 saturated heterocycles. The summed E-state index contributed by atoms with van der Waals surface area (Å²) < 4.78 is 52.4. The van der Waals surface area contributed by atoms with Gasteiger partial charge in [0.1, 0.15) is 24.1 Å². The fourth-order valence-corrected chi connectivity index (χ4v) is 11.5. The summed E-state index contributed by atoms with van der Waals surface area (Å²) in [4.78, 5) is 61.4. The Labute approximate surface area is 396 Å². The SMILES string of the molecule is CC[C@@H]1OC(=O)C(C)C(OC2C[C@@](C)(OC)[C@@H](O)[C@H](C)O2)[C@H](C)[C@@H](OC2O[C@H](C)C[C@H](N(C)C)[C@H]2O)[C@]2(C)C[C@@H](C)C(=O)[C@@H](C)[C@H]3N(CCNC(=O)c4ccccc4/C=C/CO2)C(=O)O[C@]13C. The Morgan fingerprint density at radius 3 is 2.31 bits per heavy atom. The highest BCUT2D eigenvalue weighted by Crippen LogP contribution is 2.45. The van der Waals surface area contributed by atoms with Gasteiger partial charge >= 0.3 is 12.1 Å². The van der Waals surface area contributed by atoms with E-state index < -0.39 is 108 Å². The number of ether oxygens (including phenoxy) is 8. The Bertz CT molecular complexity index is 1950. The van der Waals surface area contributed by atoms with Gasteiger partial charge in [0, 0.05) is 56.0 Å². The first kappa shape index (κ1) is 52.8. The number of carbonyl (C=O) groups excluding carboxylic acids is 4. The lowest BCUT2D eigenvalue weighted by Gasteiger charge is -2.50. The molecule has 376 valence electrons. The number of likely N-dealkylation sites (N-methyl/N-ethyl adjacent to an activating group) is 1. The lowest BCUT2D eigenvalue weighted by Crippen LogP contribution is -2.62. The third-order valence-electron chi connectivity index (χ3n) is 15.3. The Morgan fingerprint density at radius 1 is 0.940 bits per heavy atom. The number of cyclic esters (lactones) is 1. The number of hydrogen-bond acceptors (Lipinski definition) is 15. The molecule has 18 atom stereocenters. The van der Waals surface area contributed by atoms with Gasteiger partial charge in [0.25, 0.3) is 5.91 Å². The molecule has 17 nitrogen and oxygen atoms in total. The maximum Gasteiger partial charge on any atom is 0.410 e. The van der Waals surface area contributed by atoms with Crippen LogP contribution in [-0.4, -0.2) is 169 Å². The van der Waals surface area contributed by atoms with E-state index in [0.29, 0.717) is 17.5 Å². The van der Waals surface area contributed by atoms with E-state index in [0.717, 1.165) is 0 Å². The number of esters is 1. The van der Waals surface area contributed by atoms with Gasteiger partial charge in [-0.25, -0.2) is 4.79 Å². The zero-order valence-electron chi connectivity index (χ0n) is 41.8. The Morgan fingerprint density at radius 2 is 1.64 bits per heavy atom. The minimum atomic E-state index is -1.51. The fourth-order valence-electron chi connectivity index (χ4n) is 11.5. The summed E-state index contributed by atoms with van der Waals surface area (Å²) >= 11 is 0. The summed E-state index contributed by atoms with van der Waals surface area (Å²) in [6, 6.07) is 5.87. The normalized spacial score (nSPS) is 43.3. The van der Waals surface area contributed by atoms with Gasteiger partial charge in [-0.1, -0.05) is 58.0 Å². The minimum absolute atomic E-state index is 0.00473. The summed E-state index contributed by atoms with van der Waals surface area (Å²) in [5.74, 6) is -4.65. The average Bonchev–Trinajstić information content (AvgIpc) is 3.54. The second-order valence-corrected chi connectivity index (χ2v) is 20.5. The molecule has 5 aliphatic heterocycles. The minimum Gasteiger partial charge on any atom is -0.458 e. The van der Waals surface area contributed by atoms with Crippen LogP contribution in [0.25, 0.3) is 6.08 Å². The second kappa shape index (κ2) is 21.2. The zero-order valence-corrected chi connectivity index (χ0v) is 41.8. The fraction of sp³-hybridized carbons (Fsp3) is 0.760. The molecule has 6 rings (SSSR count). The van der Waals surface area contributed by atoms with Crippen LogP contribution in [0.4, 0.5) is 4.79 Å². The summed E-state index contributed by atoms with van der Waals surface area (Å²) in [5, 5.41) is 26.1. The maximum atomic E-state index is 15.2. The van der Waals surface area contributed by atoms with Crippen molar-refractivity contribution in [3.63, 3.8) is 0 Å². The van der Waals surface area contributed by atoms with Crippen LogP contribution in [0.2, 0.25) is 0 Å². The summed E-state index contributed by atoms with van der Waals surface area (Å²) in [5.41, 5.74) is -2.94. The number of benzene rings is 1. The first-order valence-electron chi connectivity index (χ1n) is 24.1. The van der Waals surface area contributed by atoms with E-state index in [-0.39, 0.29) is 62.8 Å². The Kier molecular flexibility index (Phi) is 16.7. The molecular weight excluding hydrogens is 867 g/mol. The molecular formula is C50H77N3O14. The smallest absolute Gasteiger partial charge is 0.410 e. The largest absolute Gasteiger partial charge is 0.458 e. The van der Waals surface area contributed by atoms with E-state index in [4.69, 9.17) is 37.9 Å². The van der Waals surface area contributed by atoms with Gasteiger partial charge in [-0.2, -0.15) is 0 Å². The number of nitrogens with one attached hydrogen (secondary N) is 1. The predicted octanol–water partition coefficient (Wildman–Crippen LogP) is 4.73.